The predicted molar refractivity (Wildman–Crippen MR) is 93.5 cm³/mol. The molecule has 0 aliphatic carbocycles. The van der Waals surface area contributed by atoms with Gasteiger partial charge >= 0.3 is 0 Å². The maximum atomic E-state index is 12.6. The number of likely N-dealkylation sites (N-methyl/N-ethyl adjacent to an activating group) is 1. The number of carbonyl (C=O) groups excluding carboxylic acids is 1. The van der Waals surface area contributed by atoms with Crippen LogP contribution in [0.1, 0.15) is 18.4 Å². The molecule has 1 aliphatic rings. The molecule has 1 saturated heterocycles. The molecule has 1 amide bonds. The first-order valence-electron chi connectivity index (χ1n) is 8.19. The third kappa shape index (κ3) is 4.38. The average molecular weight is 370 g/mol. The van der Waals surface area contributed by atoms with Gasteiger partial charge in [0.25, 0.3) is 0 Å². The van der Waals surface area contributed by atoms with Gasteiger partial charge in [0.2, 0.25) is 15.9 Å². The summed E-state index contributed by atoms with van der Waals surface area (Å²) in [7, 11) is 0.775. The molecular formula is C17H26N2O5S. The van der Waals surface area contributed by atoms with Crippen LogP contribution in [-0.4, -0.2) is 70.2 Å². The van der Waals surface area contributed by atoms with E-state index in [2.05, 4.69) is 0 Å². The zero-order valence-electron chi connectivity index (χ0n) is 15.1. The van der Waals surface area contributed by atoms with Gasteiger partial charge in [0.15, 0.2) is 6.29 Å². The second-order valence-corrected chi connectivity index (χ2v) is 8.26. The first kappa shape index (κ1) is 19.8. The molecule has 2 rings (SSSR count). The van der Waals surface area contributed by atoms with E-state index in [0.29, 0.717) is 6.54 Å². The molecule has 1 aromatic rings. The molecule has 1 heterocycles. The van der Waals surface area contributed by atoms with E-state index in [1.807, 2.05) is 6.92 Å². The van der Waals surface area contributed by atoms with E-state index in [0.717, 1.165) is 22.7 Å². The number of rotatable bonds is 7. The maximum absolute atomic E-state index is 12.6. The lowest BCUT2D eigenvalue weighted by Gasteiger charge is -2.31. The molecule has 0 radical (unpaired) electrons. The van der Waals surface area contributed by atoms with Crippen molar-refractivity contribution in [2.45, 2.75) is 37.0 Å². The molecule has 0 aromatic heterocycles. The summed E-state index contributed by atoms with van der Waals surface area (Å²) < 4.78 is 36.9. The molecule has 8 heteroatoms. The number of ether oxygens (including phenoxy) is 2. The van der Waals surface area contributed by atoms with Gasteiger partial charge in [-0.2, -0.15) is 4.31 Å². The van der Waals surface area contributed by atoms with E-state index in [-0.39, 0.29) is 23.4 Å². The van der Waals surface area contributed by atoms with Gasteiger partial charge in [0, 0.05) is 27.8 Å². The van der Waals surface area contributed by atoms with E-state index in [9.17, 15) is 13.2 Å². The Hall–Kier alpha value is -1.48. The summed E-state index contributed by atoms with van der Waals surface area (Å²) in [6.07, 6.45) is 1.10. The van der Waals surface area contributed by atoms with Crippen LogP contribution in [0.25, 0.3) is 0 Å². The van der Waals surface area contributed by atoms with Crippen LogP contribution in [0.15, 0.2) is 29.2 Å². The summed E-state index contributed by atoms with van der Waals surface area (Å²) in [6.45, 7) is 2.25. The first-order chi connectivity index (χ1) is 11.8. The Kier molecular flexibility index (Phi) is 6.56. The standard InChI is InChI=1S/C17H26N2O5S/c1-13-7-9-14(10-8-13)25(21,22)18(2)12-16(20)19-11-5-6-15(19)17(23-3)24-4/h7-10,15,17H,5-6,11-12H2,1-4H3/t15-/m0/s1. The van der Waals surface area contributed by atoms with E-state index < -0.39 is 16.3 Å². The fourth-order valence-electron chi connectivity index (χ4n) is 3.05. The van der Waals surface area contributed by atoms with E-state index in [1.165, 1.54) is 21.3 Å². The van der Waals surface area contributed by atoms with Gasteiger partial charge in [-0.05, 0) is 31.9 Å². The Morgan fingerprint density at radius 3 is 2.44 bits per heavy atom. The fourth-order valence-corrected chi connectivity index (χ4v) is 4.17. The lowest BCUT2D eigenvalue weighted by molar-refractivity contribution is -0.157. The molecule has 140 valence electrons. The minimum absolute atomic E-state index is 0.179. The van der Waals surface area contributed by atoms with Crippen molar-refractivity contribution in [3.05, 3.63) is 29.8 Å². The molecule has 7 nitrogen and oxygen atoms in total. The van der Waals surface area contributed by atoms with Gasteiger partial charge in [-0.25, -0.2) is 8.42 Å². The van der Waals surface area contributed by atoms with Gasteiger partial charge in [0.05, 0.1) is 17.5 Å². The van der Waals surface area contributed by atoms with Crippen LogP contribution in [-0.2, 0) is 24.3 Å². The molecule has 0 unspecified atom stereocenters. The molecular weight excluding hydrogens is 344 g/mol. The van der Waals surface area contributed by atoms with Crippen LogP contribution in [0.2, 0.25) is 0 Å². The zero-order valence-corrected chi connectivity index (χ0v) is 16.0. The molecule has 0 spiro atoms. The van der Waals surface area contributed by atoms with Crippen LogP contribution in [0.4, 0.5) is 0 Å². The molecule has 0 bridgehead atoms. The van der Waals surface area contributed by atoms with Crippen molar-refractivity contribution in [2.24, 2.45) is 0 Å². The van der Waals surface area contributed by atoms with E-state index >= 15 is 0 Å². The van der Waals surface area contributed by atoms with Crippen LogP contribution in [0.5, 0.6) is 0 Å². The minimum Gasteiger partial charge on any atom is -0.354 e. The third-order valence-corrected chi connectivity index (χ3v) is 6.30. The zero-order chi connectivity index (χ0) is 18.6. The normalized spacial score (nSPS) is 18.3. The van der Waals surface area contributed by atoms with Crippen molar-refractivity contribution in [3.8, 4) is 0 Å². The van der Waals surface area contributed by atoms with Gasteiger partial charge < -0.3 is 14.4 Å². The molecule has 1 aromatic carbocycles. The molecule has 25 heavy (non-hydrogen) atoms. The van der Waals surface area contributed by atoms with Gasteiger partial charge in [0.1, 0.15) is 0 Å². The highest BCUT2D eigenvalue weighted by Gasteiger charge is 2.36. The second kappa shape index (κ2) is 8.27. The maximum Gasteiger partial charge on any atom is 0.243 e. The van der Waals surface area contributed by atoms with E-state index in [1.54, 1.807) is 29.2 Å². The highest BCUT2D eigenvalue weighted by Crippen LogP contribution is 2.23. The van der Waals surface area contributed by atoms with Gasteiger partial charge in [-0.3, -0.25) is 4.79 Å². The van der Waals surface area contributed by atoms with Crippen molar-refractivity contribution in [1.29, 1.82) is 0 Å². The van der Waals surface area contributed by atoms with Crippen molar-refractivity contribution < 1.29 is 22.7 Å². The average Bonchev–Trinajstić information content (AvgIpc) is 3.06. The van der Waals surface area contributed by atoms with Crippen molar-refractivity contribution >= 4 is 15.9 Å². The lowest BCUT2D eigenvalue weighted by Crippen LogP contribution is -2.48. The monoisotopic (exact) mass is 370 g/mol. The topological polar surface area (TPSA) is 76.2 Å². The first-order valence-corrected chi connectivity index (χ1v) is 9.63. The second-order valence-electron chi connectivity index (χ2n) is 6.21. The summed E-state index contributed by atoms with van der Waals surface area (Å²) in [5.74, 6) is -0.250. The Morgan fingerprint density at radius 1 is 1.28 bits per heavy atom. The summed E-state index contributed by atoms with van der Waals surface area (Å²) in [5, 5.41) is 0. The fraction of sp³-hybridized carbons (Fsp3) is 0.588. The highest BCUT2D eigenvalue weighted by atomic mass is 32.2. The Labute approximate surface area is 149 Å². The van der Waals surface area contributed by atoms with Crippen LogP contribution >= 0.6 is 0 Å². The SMILES string of the molecule is COC(OC)[C@@H]1CCCN1C(=O)CN(C)S(=O)(=O)c1ccc(C)cc1. The van der Waals surface area contributed by atoms with Crippen molar-refractivity contribution in [2.75, 3.05) is 34.4 Å². The van der Waals surface area contributed by atoms with Crippen molar-refractivity contribution in [1.82, 2.24) is 9.21 Å². The number of likely N-dealkylation sites (tertiary alicyclic amines) is 1. The van der Waals surface area contributed by atoms with Gasteiger partial charge in [-0.15, -0.1) is 0 Å². The number of benzene rings is 1. The number of carbonyl (C=O) groups is 1. The molecule has 0 saturated carbocycles. The van der Waals surface area contributed by atoms with Crippen LogP contribution < -0.4 is 0 Å². The Balaban J connectivity index is 2.09. The van der Waals surface area contributed by atoms with Gasteiger partial charge in [-0.1, -0.05) is 17.7 Å². The quantitative estimate of drug-likeness (QED) is 0.675. The number of hydrogen-bond acceptors (Lipinski definition) is 5. The molecule has 0 N–H and O–H groups in total. The summed E-state index contributed by atoms with van der Waals surface area (Å²) in [6, 6.07) is 6.38. The highest BCUT2D eigenvalue weighted by molar-refractivity contribution is 7.89. The number of aryl methyl sites for hydroxylation is 1. The minimum atomic E-state index is -3.71. The largest absolute Gasteiger partial charge is 0.354 e. The lowest BCUT2D eigenvalue weighted by atomic mass is 10.2. The Bertz CT molecular complexity index is 685. The summed E-state index contributed by atoms with van der Waals surface area (Å²) >= 11 is 0. The third-order valence-electron chi connectivity index (χ3n) is 4.49. The predicted octanol–water partition coefficient (Wildman–Crippen LogP) is 1.23. The molecule has 1 fully saturated rings. The smallest absolute Gasteiger partial charge is 0.243 e. The van der Waals surface area contributed by atoms with Crippen LogP contribution in [0.3, 0.4) is 0 Å². The summed E-state index contributed by atoms with van der Waals surface area (Å²) in [4.78, 5) is 14.5. The Morgan fingerprint density at radius 2 is 1.88 bits per heavy atom. The number of sulfonamides is 1. The number of hydrogen-bond donors (Lipinski definition) is 0. The summed E-state index contributed by atoms with van der Waals surface area (Å²) in [5.41, 5.74) is 0.975. The molecule has 1 aliphatic heterocycles. The van der Waals surface area contributed by atoms with E-state index in [4.69, 9.17) is 9.47 Å². The number of amides is 1. The van der Waals surface area contributed by atoms with Crippen molar-refractivity contribution in [3.63, 3.8) is 0 Å². The number of methoxy groups -OCH3 is 2. The molecule has 1 atom stereocenters. The van der Waals surface area contributed by atoms with Crippen LogP contribution in [0, 0.1) is 6.92 Å². The number of nitrogens with zero attached hydrogens (tertiary/aromatic N) is 2.